The van der Waals surface area contributed by atoms with E-state index in [1.165, 1.54) is 30.9 Å². The second-order valence-electron chi connectivity index (χ2n) is 5.22. The number of aliphatic carboxylic acids is 1. The predicted molar refractivity (Wildman–Crippen MR) is 85.4 cm³/mol. The van der Waals surface area contributed by atoms with E-state index in [0.717, 1.165) is 4.90 Å². The second kappa shape index (κ2) is 6.23. The van der Waals surface area contributed by atoms with Crippen molar-refractivity contribution < 1.29 is 14.7 Å². The van der Waals surface area contributed by atoms with Gasteiger partial charge in [-0.3, -0.25) is 9.48 Å². The van der Waals surface area contributed by atoms with E-state index < -0.39 is 11.5 Å². The highest BCUT2D eigenvalue weighted by Gasteiger charge is 2.30. The number of carboxylic acid groups (broad SMARTS) is 1. The maximum Gasteiger partial charge on any atom is 0.331 e. The first kappa shape index (κ1) is 16.1. The Morgan fingerprint density at radius 3 is 2.45 bits per heavy atom. The molecule has 22 heavy (non-hydrogen) atoms. The summed E-state index contributed by atoms with van der Waals surface area (Å²) in [6.07, 6.45) is 4.90. The number of thioether (sulfide) groups is 1. The Bertz CT molecular complexity index is 692. The summed E-state index contributed by atoms with van der Waals surface area (Å²) >= 11 is 1.60. The van der Waals surface area contributed by atoms with E-state index in [-0.39, 0.29) is 5.91 Å². The number of hydrogen-bond acceptors (Lipinski definition) is 4. The largest absolute Gasteiger partial charge is 0.479 e. The van der Waals surface area contributed by atoms with Crippen LogP contribution < -0.4 is 5.32 Å². The smallest absolute Gasteiger partial charge is 0.331 e. The van der Waals surface area contributed by atoms with Gasteiger partial charge in [0.25, 0.3) is 5.91 Å². The van der Waals surface area contributed by atoms with E-state index in [2.05, 4.69) is 10.4 Å². The maximum absolute atomic E-state index is 12.1. The molecule has 2 aromatic rings. The van der Waals surface area contributed by atoms with Crippen LogP contribution in [0.5, 0.6) is 0 Å². The van der Waals surface area contributed by atoms with E-state index >= 15 is 0 Å². The zero-order chi connectivity index (χ0) is 16.3. The highest BCUT2D eigenvalue weighted by atomic mass is 32.2. The standard InChI is InChI=1S/C15H17N3O3S/c1-15(2,14(20)21)18-9-11(8-16-18)17-13(19)10-4-6-12(22-3)7-5-10/h4-9H,1-3H3,(H,17,19)(H,20,21). The van der Waals surface area contributed by atoms with E-state index in [0.29, 0.717) is 11.3 Å². The zero-order valence-corrected chi connectivity index (χ0v) is 13.3. The maximum atomic E-state index is 12.1. The van der Waals surface area contributed by atoms with E-state index in [1.54, 1.807) is 23.9 Å². The van der Waals surface area contributed by atoms with Crippen molar-refractivity contribution in [3.63, 3.8) is 0 Å². The first-order valence-corrected chi connectivity index (χ1v) is 7.81. The van der Waals surface area contributed by atoms with Crippen LogP contribution in [0.4, 0.5) is 5.69 Å². The molecule has 0 saturated carbocycles. The second-order valence-corrected chi connectivity index (χ2v) is 6.10. The van der Waals surface area contributed by atoms with Crippen LogP contribution >= 0.6 is 11.8 Å². The molecule has 0 radical (unpaired) electrons. The number of nitrogens with zero attached hydrogens (tertiary/aromatic N) is 2. The Hall–Kier alpha value is -2.28. The lowest BCUT2D eigenvalue weighted by atomic mass is 10.1. The molecular weight excluding hydrogens is 302 g/mol. The zero-order valence-electron chi connectivity index (χ0n) is 12.5. The molecule has 7 heteroatoms. The van der Waals surface area contributed by atoms with Crippen molar-refractivity contribution in [3.8, 4) is 0 Å². The van der Waals surface area contributed by atoms with Crippen molar-refractivity contribution in [2.75, 3.05) is 11.6 Å². The van der Waals surface area contributed by atoms with Crippen molar-refractivity contribution in [3.05, 3.63) is 42.2 Å². The minimum atomic E-state index is -1.18. The van der Waals surface area contributed by atoms with Crippen LogP contribution in [0.3, 0.4) is 0 Å². The van der Waals surface area contributed by atoms with Crippen LogP contribution in [-0.2, 0) is 10.3 Å². The average Bonchev–Trinajstić information content (AvgIpc) is 2.96. The Balaban J connectivity index is 2.12. The van der Waals surface area contributed by atoms with Gasteiger partial charge in [0, 0.05) is 16.7 Å². The molecule has 0 aliphatic carbocycles. The summed E-state index contributed by atoms with van der Waals surface area (Å²) in [4.78, 5) is 24.4. The number of carbonyl (C=O) groups excluding carboxylic acids is 1. The number of benzene rings is 1. The minimum Gasteiger partial charge on any atom is -0.479 e. The molecule has 1 aromatic carbocycles. The molecule has 1 amide bonds. The number of carboxylic acids is 1. The van der Waals surface area contributed by atoms with Gasteiger partial charge in [0.15, 0.2) is 5.54 Å². The van der Waals surface area contributed by atoms with Crippen LogP contribution in [0.25, 0.3) is 0 Å². The number of nitrogens with one attached hydrogen (secondary N) is 1. The van der Waals surface area contributed by atoms with Crippen LogP contribution in [0, 0.1) is 0 Å². The van der Waals surface area contributed by atoms with Gasteiger partial charge >= 0.3 is 5.97 Å². The molecule has 0 saturated heterocycles. The molecule has 1 aromatic heterocycles. The van der Waals surface area contributed by atoms with Crippen LogP contribution in [0.15, 0.2) is 41.6 Å². The number of carbonyl (C=O) groups is 2. The molecular formula is C15H17N3O3S. The highest BCUT2D eigenvalue weighted by Crippen LogP contribution is 2.19. The molecule has 1 heterocycles. The third-order valence-corrected chi connectivity index (χ3v) is 4.03. The molecule has 0 aliphatic heterocycles. The number of aromatic nitrogens is 2. The molecule has 2 rings (SSSR count). The van der Waals surface area contributed by atoms with Gasteiger partial charge in [-0.25, -0.2) is 4.79 Å². The summed E-state index contributed by atoms with van der Waals surface area (Å²) < 4.78 is 1.31. The quantitative estimate of drug-likeness (QED) is 0.828. The minimum absolute atomic E-state index is 0.264. The average molecular weight is 319 g/mol. The lowest BCUT2D eigenvalue weighted by Crippen LogP contribution is -2.35. The third-order valence-electron chi connectivity index (χ3n) is 3.29. The van der Waals surface area contributed by atoms with Gasteiger partial charge in [-0.1, -0.05) is 0 Å². The molecule has 0 aliphatic rings. The van der Waals surface area contributed by atoms with E-state index in [4.69, 9.17) is 5.11 Å². The fourth-order valence-electron chi connectivity index (χ4n) is 1.74. The number of hydrogen-bond donors (Lipinski definition) is 2. The highest BCUT2D eigenvalue weighted by molar-refractivity contribution is 7.98. The van der Waals surface area contributed by atoms with Gasteiger partial charge in [0.1, 0.15) is 0 Å². The summed E-state index contributed by atoms with van der Waals surface area (Å²) in [5, 5.41) is 15.9. The number of anilines is 1. The Labute approximate surface area is 132 Å². The van der Waals surface area contributed by atoms with Crippen molar-refractivity contribution in [1.82, 2.24) is 9.78 Å². The lowest BCUT2D eigenvalue weighted by Gasteiger charge is -2.19. The van der Waals surface area contributed by atoms with Gasteiger partial charge in [-0.05, 0) is 44.4 Å². The number of amides is 1. The topological polar surface area (TPSA) is 84.2 Å². The molecule has 0 atom stereocenters. The van der Waals surface area contributed by atoms with Crippen molar-refractivity contribution in [2.45, 2.75) is 24.3 Å². The van der Waals surface area contributed by atoms with Crippen molar-refractivity contribution >= 4 is 29.3 Å². The van der Waals surface area contributed by atoms with E-state index in [9.17, 15) is 9.59 Å². The molecule has 116 valence electrons. The number of rotatable bonds is 5. The summed E-state index contributed by atoms with van der Waals surface area (Å²) in [7, 11) is 0. The lowest BCUT2D eigenvalue weighted by molar-refractivity contribution is -0.146. The Morgan fingerprint density at radius 1 is 1.27 bits per heavy atom. The summed E-state index contributed by atoms with van der Waals surface area (Å²) in [6, 6.07) is 7.23. The van der Waals surface area contributed by atoms with Gasteiger partial charge < -0.3 is 10.4 Å². The first-order chi connectivity index (χ1) is 10.3. The van der Waals surface area contributed by atoms with Gasteiger partial charge in [0.05, 0.1) is 11.9 Å². The normalized spacial score (nSPS) is 11.2. The predicted octanol–water partition coefficient (Wildman–Crippen LogP) is 2.68. The molecule has 2 N–H and O–H groups in total. The first-order valence-electron chi connectivity index (χ1n) is 6.58. The summed E-state index contributed by atoms with van der Waals surface area (Å²) in [5.74, 6) is -1.26. The molecule has 0 unspecified atom stereocenters. The molecule has 0 bridgehead atoms. The van der Waals surface area contributed by atoms with Crippen LogP contribution in [0.2, 0.25) is 0 Å². The van der Waals surface area contributed by atoms with Crippen LogP contribution in [-0.4, -0.2) is 33.0 Å². The van der Waals surface area contributed by atoms with Gasteiger partial charge in [-0.2, -0.15) is 5.10 Å². The SMILES string of the molecule is CSc1ccc(C(=O)Nc2cnn(C(C)(C)C(=O)O)c2)cc1. The Kier molecular flexibility index (Phi) is 4.56. The molecule has 0 spiro atoms. The van der Waals surface area contributed by atoms with Gasteiger partial charge in [0.2, 0.25) is 0 Å². The fraction of sp³-hybridized carbons (Fsp3) is 0.267. The third kappa shape index (κ3) is 3.30. The van der Waals surface area contributed by atoms with E-state index in [1.807, 2.05) is 18.4 Å². The summed E-state index contributed by atoms with van der Waals surface area (Å²) in [6.45, 7) is 3.07. The van der Waals surface area contributed by atoms with Crippen LogP contribution in [0.1, 0.15) is 24.2 Å². The van der Waals surface area contributed by atoms with Crippen molar-refractivity contribution in [2.24, 2.45) is 0 Å². The van der Waals surface area contributed by atoms with Gasteiger partial charge in [-0.15, -0.1) is 11.8 Å². The fourth-order valence-corrected chi connectivity index (χ4v) is 2.14. The molecule has 6 nitrogen and oxygen atoms in total. The monoisotopic (exact) mass is 319 g/mol. The summed E-state index contributed by atoms with van der Waals surface area (Å²) in [5.41, 5.74) is -0.195. The molecule has 0 fully saturated rings. The van der Waals surface area contributed by atoms with Crippen molar-refractivity contribution in [1.29, 1.82) is 0 Å². The Morgan fingerprint density at radius 2 is 1.91 bits per heavy atom.